The van der Waals surface area contributed by atoms with Crippen molar-refractivity contribution in [1.82, 2.24) is 4.90 Å². The molecule has 1 aliphatic rings. The second-order valence-corrected chi connectivity index (χ2v) is 11.5. The van der Waals surface area contributed by atoms with E-state index < -0.39 is 17.4 Å². The van der Waals surface area contributed by atoms with E-state index in [1.54, 1.807) is 47.1 Å². The van der Waals surface area contributed by atoms with Crippen LogP contribution < -0.4 is 14.5 Å². The third kappa shape index (κ3) is 7.11. The van der Waals surface area contributed by atoms with Gasteiger partial charge in [0.1, 0.15) is 5.75 Å². The third-order valence-corrected chi connectivity index (χ3v) is 8.49. The molecule has 0 aliphatic carbocycles. The van der Waals surface area contributed by atoms with Gasteiger partial charge in [-0.15, -0.1) is 0 Å². The zero-order chi connectivity index (χ0) is 33.4. The van der Waals surface area contributed by atoms with Crippen molar-refractivity contribution in [1.29, 1.82) is 0 Å². The van der Waals surface area contributed by atoms with Crippen LogP contribution in [0.2, 0.25) is 0 Å². The molecule has 2 N–H and O–H groups in total. The van der Waals surface area contributed by atoms with Crippen LogP contribution in [-0.2, 0) is 33.1 Å². The van der Waals surface area contributed by atoms with Gasteiger partial charge in [0.25, 0.3) is 5.91 Å². The van der Waals surface area contributed by atoms with Crippen molar-refractivity contribution in [3.8, 4) is 5.75 Å². The average Bonchev–Trinajstić information content (AvgIpc) is 3.31. The van der Waals surface area contributed by atoms with Gasteiger partial charge < -0.3 is 24.7 Å². The van der Waals surface area contributed by atoms with E-state index in [2.05, 4.69) is 0 Å². The van der Waals surface area contributed by atoms with Crippen molar-refractivity contribution in [2.45, 2.75) is 32.0 Å². The number of methoxy groups -OCH3 is 1. The van der Waals surface area contributed by atoms with Gasteiger partial charge in [-0.25, -0.2) is 0 Å². The molecule has 3 amide bonds. The van der Waals surface area contributed by atoms with E-state index in [1.807, 2.05) is 84.9 Å². The van der Waals surface area contributed by atoms with Crippen molar-refractivity contribution in [3.63, 3.8) is 0 Å². The average molecular weight is 634 g/mol. The van der Waals surface area contributed by atoms with Crippen molar-refractivity contribution in [2.24, 2.45) is 5.92 Å². The van der Waals surface area contributed by atoms with Crippen LogP contribution in [0.15, 0.2) is 115 Å². The number of aliphatic hydroxyl groups excluding tert-OH is 1. The largest absolute Gasteiger partial charge is 0.497 e. The fraction of sp³-hybridized carbons (Fsp3) is 0.237. The molecule has 0 spiro atoms. The summed E-state index contributed by atoms with van der Waals surface area (Å²) in [5.74, 6) is -0.849. The summed E-state index contributed by atoms with van der Waals surface area (Å²) < 4.78 is 5.43. The molecular formula is C38H39N3O6. The minimum atomic E-state index is -1.90. The molecule has 0 bridgehead atoms. The Morgan fingerprint density at radius 1 is 0.936 bits per heavy atom. The molecule has 0 fully saturated rings. The molecule has 0 aromatic heterocycles. The maximum Gasteiger partial charge on any atom is 0.264 e. The van der Waals surface area contributed by atoms with Crippen LogP contribution >= 0.6 is 0 Å². The van der Waals surface area contributed by atoms with Gasteiger partial charge >= 0.3 is 0 Å². The lowest BCUT2D eigenvalue weighted by molar-refractivity contribution is -0.139. The quantitative estimate of drug-likeness (QED) is 0.144. The van der Waals surface area contributed by atoms with Crippen molar-refractivity contribution >= 4 is 35.3 Å². The molecule has 0 saturated carbocycles. The molecule has 9 nitrogen and oxygen atoms in total. The Balaban J connectivity index is 1.34. The van der Waals surface area contributed by atoms with Crippen LogP contribution in [0.25, 0.3) is 0 Å². The fourth-order valence-corrected chi connectivity index (χ4v) is 5.87. The lowest BCUT2D eigenvalue weighted by atomic mass is 9.83. The molecule has 9 heteroatoms. The second-order valence-electron chi connectivity index (χ2n) is 11.5. The van der Waals surface area contributed by atoms with Crippen LogP contribution in [0.1, 0.15) is 30.0 Å². The first-order valence-electron chi connectivity index (χ1n) is 15.5. The van der Waals surface area contributed by atoms with Crippen molar-refractivity contribution in [2.75, 3.05) is 30.1 Å². The lowest BCUT2D eigenvalue weighted by Crippen LogP contribution is -2.44. The number of hydrogen-bond donors (Lipinski definition) is 2. The molecule has 0 radical (unpaired) electrons. The molecule has 5 rings (SSSR count). The maximum atomic E-state index is 14.1. The summed E-state index contributed by atoms with van der Waals surface area (Å²) in [7, 11) is 1.53. The Labute approximate surface area is 274 Å². The normalized spacial score (nSPS) is 16.2. The summed E-state index contributed by atoms with van der Waals surface area (Å²) in [5, 5.41) is 21.6. The Bertz CT molecular complexity index is 1710. The Hall–Kier alpha value is -5.25. The highest BCUT2D eigenvalue weighted by atomic mass is 16.5. The van der Waals surface area contributed by atoms with Gasteiger partial charge in [0.15, 0.2) is 5.60 Å². The van der Waals surface area contributed by atoms with E-state index in [0.717, 1.165) is 23.2 Å². The van der Waals surface area contributed by atoms with E-state index in [4.69, 9.17) is 4.74 Å². The number of aliphatic hydroxyl groups is 2. The van der Waals surface area contributed by atoms with E-state index in [0.29, 0.717) is 29.2 Å². The summed E-state index contributed by atoms with van der Waals surface area (Å²) in [4.78, 5) is 43.7. The van der Waals surface area contributed by atoms with Crippen molar-refractivity contribution in [3.05, 3.63) is 132 Å². The van der Waals surface area contributed by atoms with Crippen LogP contribution in [0.5, 0.6) is 5.75 Å². The summed E-state index contributed by atoms with van der Waals surface area (Å²) in [6.07, 6.45) is 4.16. The number of nitrogens with zero attached hydrogens (tertiary/aromatic N) is 3. The molecule has 47 heavy (non-hydrogen) atoms. The van der Waals surface area contributed by atoms with Gasteiger partial charge in [0.05, 0.1) is 25.9 Å². The number of para-hydroxylation sites is 1. The van der Waals surface area contributed by atoms with Gasteiger partial charge in [-0.2, -0.15) is 0 Å². The van der Waals surface area contributed by atoms with E-state index in [9.17, 15) is 24.6 Å². The number of carbonyl (C=O) groups is 3. The highest BCUT2D eigenvalue weighted by molar-refractivity contribution is 6.07. The number of ether oxygens (including phenoxy) is 1. The number of fused-ring (bicyclic) bond motifs is 1. The summed E-state index contributed by atoms with van der Waals surface area (Å²) >= 11 is 0. The number of hydrogen-bond acceptors (Lipinski definition) is 6. The zero-order valence-electron chi connectivity index (χ0n) is 26.5. The Morgan fingerprint density at radius 3 is 2.23 bits per heavy atom. The summed E-state index contributed by atoms with van der Waals surface area (Å²) in [6, 6.07) is 31.4. The first kappa shape index (κ1) is 33.1. The summed E-state index contributed by atoms with van der Waals surface area (Å²) in [5.41, 5.74) is 2.26. The Morgan fingerprint density at radius 2 is 1.60 bits per heavy atom. The number of anilines is 3. The molecule has 1 aliphatic heterocycles. The Kier molecular flexibility index (Phi) is 10.5. The van der Waals surface area contributed by atoms with Crippen LogP contribution in [0, 0.1) is 5.92 Å². The van der Waals surface area contributed by atoms with Crippen molar-refractivity contribution < 1.29 is 29.3 Å². The molecule has 0 saturated heterocycles. The topological polar surface area (TPSA) is 111 Å². The standard InChI is InChI=1S/C38H39N3O6/c1-28(10-9-15-36(44)39(22-23-42)25-29-11-5-3-6-12-29)38(46)34-24-33(47-2)20-21-35(34)40(37(38)45)26-30-16-18-32(19-17-30)41(27-43)31-13-7-4-8-14-31/h3-14,16-21,24,27-28,42,46H,15,22-23,25-26H2,1-2H3/b10-9+/t28-,38+/m0/s1. The number of rotatable bonds is 14. The summed E-state index contributed by atoms with van der Waals surface area (Å²) in [6.45, 7) is 2.34. The molecule has 0 unspecified atom stereocenters. The first-order chi connectivity index (χ1) is 22.8. The molecule has 4 aromatic rings. The maximum absolute atomic E-state index is 14.1. The van der Waals surface area contributed by atoms with Crippen LogP contribution in [-0.4, -0.2) is 53.6 Å². The molecular weight excluding hydrogens is 594 g/mol. The highest BCUT2D eigenvalue weighted by Gasteiger charge is 2.52. The minimum absolute atomic E-state index is 0.0449. The molecule has 2 atom stereocenters. The van der Waals surface area contributed by atoms with Crippen LogP contribution in [0.3, 0.4) is 0 Å². The van der Waals surface area contributed by atoms with E-state index >= 15 is 0 Å². The molecule has 242 valence electrons. The second kappa shape index (κ2) is 14.9. The van der Waals surface area contributed by atoms with E-state index in [-0.39, 0.29) is 32.0 Å². The number of carbonyl (C=O) groups excluding carboxylic acids is 3. The third-order valence-electron chi connectivity index (χ3n) is 8.49. The van der Waals surface area contributed by atoms with Gasteiger partial charge in [-0.05, 0) is 53.6 Å². The zero-order valence-corrected chi connectivity index (χ0v) is 26.5. The SMILES string of the molecule is COc1ccc2c(c1)[C@](O)([C@@H](C)/C=C/CC(=O)N(CCO)Cc1ccccc1)C(=O)N2Cc1ccc(N(C=O)c2ccccc2)cc1. The van der Waals surface area contributed by atoms with Gasteiger partial charge in [-0.1, -0.05) is 79.7 Å². The molecule has 1 heterocycles. The van der Waals surface area contributed by atoms with Gasteiger partial charge in [0.2, 0.25) is 12.3 Å². The predicted molar refractivity (Wildman–Crippen MR) is 181 cm³/mol. The van der Waals surface area contributed by atoms with E-state index in [1.165, 1.54) is 12.0 Å². The molecule has 4 aromatic carbocycles. The lowest BCUT2D eigenvalue weighted by Gasteiger charge is -2.28. The van der Waals surface area contributed by atoms with Gasteiger partial charge in [0, 0.05) is 42.4 Å². The smallest absolute Gasteiger partial charge is 0.264 e. The highest BCUT2D eigenvalue weighted by Crippen LogP contribution is 2.47. The monoisotopic (exact) mass is 633 g/mol. The minimum Gasteiger partial charge on any atom is -0.497 e. The fourth-order valence-electron chi connectivity index (χ4n) is 5.87. The number of benzene rings is 4. The van der Waals surface area contributed by atoms with Gasteiger partial charge in [-0.3, -0.25) is 19.3 Å². The number of amides is 3. The van der Waals surface area contributed by atoms with Crippen LogP contribution in [0.4, 0.5) is 17.1 Å². The predicted octanol–water partition coefficient (Wildman–Crippen LogP) is 5.33. The first-order valence-corrected chi connectivity index (χ1v) is 15.5.